The van der Waals surface area contributed by atoms with Gasteiger partial charge in [-0.05, 0) is 65.9 Å². The van der Waals surface area contributed by atoms with Crippen molar-refractivity contribution in [2.75, 3.05) is 11.9 Å². The molecule has 0 bridgehead atoms. The van der Waals surface area contributed by atoms with Crippen molar-refractivity contribution < 1.29 is 14.6 Å². The minimum absolute atomic E-state index is 0.0758. The lowest BCUT2D eigenvalue weighted by Gasteiger charge is -2.13. The largest absolute Gasteiger partial charge is 0.506 e. The first-order valence-corrected chi connectivity index (χ1v) is 11.2. The number of carbonyl (C=O) groups excluding carboxylic acids is 1. The molecular formula is C24H21ClN6O3. The van der Waals surface area contributed by atoms with Crippen LogP contribution in [0.2, 0.25) is 5.02 Å². The van der Waals surface area contributed by atoms with E-state index in [0.717, 1.165) is 17.5 Å². The normalized spacial score (nSPS) is 16.8. The maximum absolute atomic E-state index is 12.9. The van der Waals surface area contributed by atoms with Gasteiger partial charge >= 0.3 is 0 Å². The van der Waals surface area contributed by atoms with Gasteiger partial charge < -0.3 is 15.2 Å². The van der Waals surface area contributed by atoms with Gasteiger partial charge in [-0.15, -0.1) is 10.2 Å². The number of pyridine rings is 1. The fourth-order valence-corrected chi connectivity index (χ4v) is 4.08. The molecule has 1 fully saturated rings. The van der Waals surface area contributed by atoms with Gasteiger partial charge in [-0.25, -0.2) is 4.98 Å². The van der Waals surface area contributed by atoms with Gasteiger partial charge in [-0.2, -0.15) is 5.21 Å². The number of nitrogens with zero attached hydrogens (tertiary/aromatic N) is 4. The number of phenolic OH excluding ortho intramolecular Hbond substituents is 1. The third-order valence-corrected chi connectivity index (χ3v) is 6.00. The van der Waals surface area contributed by atoms with Crippen LogP contribution in [0.3, 0.4) is 0 Å². The van der Waals surface area contributed by atoms with E-state index in [4.69, 9.17) is 16.3 Å². The molecule has 2 aromatic heterocycles. The first-order chi connectivity index (χ1) is 16.5. The Morgan fingerprint density at radius 1 is 1.21 bits per heavy atom. The lowest BCUT2D eigenvalue weighted by molar-refractivity contribution is -0.117. The van der Waals surface area contributed by atoms with Crippen molar-refractivity contribution in [1.29, 1.82) is 0 Å². The van der Waals surface area contributed by atoms with Crippen LogP contribution in [0.25, 0.3) is 22.5 Å². The second kappa shape index (κ2) is 9.11. The number of aromatic hydroxyl groups is 1. The van der Waals surface area contributed by atoms with Gasteiger partial charge in [0.1, 0.15) is 5.75 Å². The Balaban J connectivity index is 1.42. The molecule has 10 heteroatoms. The Labute approximate surface area is 200 Å². The summed E-state index contributed by atoms with van der Waals surface area (Å²) in [7, 11) is 0. The number of tetrazole rings is 1. The van der Waals surface area contributed by atoms with Crippen LogP contribution >= 0.6 is 11.6 Å². The number of anilines is 1. The first-order valence-electron chi connectivity index (χ1n) is 10.8. The van der Waals surface area contributed by atoms with E-state index in [-0.39, 0.29) is 29.2 Å². The quantitative estimate of drug-likeness (QED) is 0.337. The minimum Gasteiger partial charge on any atom is -0.506 e. The molecule has 34 heavy (non-hydrogen) atoms. The molecule has 2 atom stereocenters. The molecule has 0 spiro atoms. The summed E-state index contributed by atoms with van der Waals surface area (Å²) in [5, 5.41) is 28.5. The zero-order chi connectivity index (χ0) is 23.7. The number of ether oxygens (including phenoxy) is 1. The highest BCUT2D eigenvalue weighted by Gasteiger charge is 2.44. The molecule has 4 aromatic rings. The average Bonchev–Trinajstić information content (AvgIpc) is 3.46. The number of hydrogen-bond donors (Lipinski definition) is 3. The molecule has 1 aliphatic rings. The molecule has 5 rings (SSSR count). The van der Waals surface area contributed by atoms with Crippen molar-refractivity contribution in [3.05, 3.63) is 65.3 Å². The van der Waals surface area contributed by atoms with E-state index in [0.29, 0.717) is 34.5 Å². The molecule has 0 saturated heterocycles. The second-order valence-electron chi connectivity index (χ2n) is 7.96. The van der Waals surface area contributed by atoms with Gasteiger partial charge in [0.2, 0.25) is 17.6 Å². The number of rotatable bonds is 7. The zero-order valence-corrected chi connectivity index (χ0v) is 19.0. The van der Waals surface area contributed by atoms with Crippen molar-refractivity contribution in [1.82, 2.24) is 25.6 Å². The molecule has 172 valence electrons. The number of halogens is 1. The second-order valence-corrected chi connectivity index (χ2v) is 8.39. The highest BCUT2D eigenvalue weighted by atomic mass is 35.5. The molecule has 1 amide bonds. The SMILES string of the molecule is CCOc1ccc(-c2cc(O)c(NC(=O)[C@@H]3C[C@H]3c3ccc(Cl)cc3)cc2-c2nn[nH]n2)cn1. The molecule has 0 radical (unpaired) electrons. The van der Waals surface area contributed by atoms with Crippen LogP contribution in [0.4, 0.5) is 5.69 Å². The number of hydrogen-bond acceptors (Lipinski definition) is 7. The van der Waals surface area contributed by atoms with Gasteiger partial charge in [-0.1, -0.05) is 23.7 Å². The van der Waals surface area contributed by atoms with Crippen molar-refractivity contribution in [3.63, 3.8) is 0 Å². The van der Waals surface area contributed by atoms with Crippen LogP contribution in [0.5, 0.6) is 11.6 Å². The predicted molar refractivity (Wildman–Crippen MR) is 127 cm³/mol. The number of carbonyl (C=O) groups is 1. The number of aromatic nitrogens is 5. The third kappa shape index (κ3) is 4.42. The summed E-state index contributed by atoms with van der Waals surface area (Å²) in [6, 6.07) is 14.3. The molecular weight excluding hydrogens is 456 g/mol. The van der Waals surface area contributed by atoms with E-state index in [1.54, 1.807) is 24.4 Å². The van der Waals surface area contributed by atoms with Crippen LogP contribution in [0.1, 0.15) is 24.8 Å². The highest BCUT2D eigenvalue weighted by molar-refractivity contribution is 6.30. The maximum Gasteiger partial charge on any atom is 0.228 e. The summed E-state index contributed by atoms with van der Waals surface area (Å²) < 4.78 is 5.41. The number of amides is 1. The Kier molecular flexibility index (Phi) is 5.85. The smallest absolute Gasteiger partial charge is 0.228 e. The number of nitrogens with one attached hydrogen (secondary N) is 2. The fraction of sp³-hybridized carbons (Fsp3) is 0.208. The van der Waals surface area contributed by atoms with E-state index >= 15 is 0 Å². The molecule has 1 aliphatic carbocycles. The van der Waals surface area contributed by atoms with Crippen LogP contribution < -0.4 is 10.1 Å². The molecule has 3 N–H and O–H groups in total. The molecule has 2 heterocycles. The molecule has 0 unspecified atom stereocenters. The summed E-state index contributed by atoms with van der Waals surface area (Å²) in [6.07, 6.45) is 2.38. The van der Waals surface area contributed by atoms with Gasteiger partial charge in [0, 0.05) is 34.3 Å². The summed E-state index contributed by atoms with van der Waals surface area (Å²) >= 11 is 5.96. The summed E-state index contributed by atoms with van der Waals surface area (Å²) in [5.74, 6) is 0.539. The molecule has 2 aromatic carbocycles. The van der Waals surface area contributed by atoms with Crippen molar-refractivity contribution in [2.24, 2.45) is 5.92 Å². The van der Waals surface area contributed by atoms with E-state index in [9.17, 15) is 9.90 Å². The van der Waals surface area contributed by atoms with Crippen molar-refractivity contribution in [3.8, 4) is 34.1 Å². The lowest BCUT2D eigenvalue weighted by Crippen LogP contribution is -2.15. The highest BCUT2D eigenvalue weighted by Crippen LogP contribution is 2.48. The van der Waals surface area contributed by atoms with Crippen molar-refractivity contribution >= 4 is 23.2 Å². The minimum atomic E-state index is -0.177. The van der Waals surface area contributed by atoms with Crippen LogP contribution in [-0.2, 0) is 4.79 Å². The average molecular weight is 477 g/mol. The topological polar surface area (TPSA) is 126 Å². The van der Waals surface area contributed by atoms with Gasteiger partial charge in [-0.3, -0.25) is 4.79 Å². The van der Waals surface area contributed by atoms with Gasteiger partial charge in [0.25, 0.3) is 0 Å². The van der Waals surface area contributed by atoms with Crippen molar-refractivity contribution in [2.45, 2.75) is 19.3 Å². The van der Waals surface area contributed by atoms with Crippen LogP contribution in [0.15, 0.2) is 54.7 Å². The maximum atomic E-state index is 12.9. The predicted octanol–water partition coefficient (Wildman–Crippen LogP) is 4.43. The Morgan fingerprint density at radius 3 is 2.71 bits per heavy atom. The first kappa shape index (κ1) is 21.8. The van der Waals surface area contributed by atoms with E-state index < -0.39 is 0 Å². The number of aromatic amines is 1. The monoisotopic (exact) mass is 476 g/mol. The third-order valence-electron chi connectivity index (χ3n) is 5.74. The summed E-state index contributed by atoms with van der Waals surface area (Å²) in [6.45, 7) is 2.39. The Hall–Kier alpha value is -3.98. The molecule has 0 aliphatic heterocycles. The number of H-pyrrole nitrogens is 1. The number of phenols is 1. The lowest BCUT2D eigenvalue weighted by atomic mass is 9.99. The fourth-order valence-electron chi connectivity index (χ4n) is 3.95. The zero-order valence-electron chi connectivity index (χ0n) is 18.2. The van der Waals surface area contributed by atoms with Gasteiger partial charge in [0.05, 0.1) is 12.3 Å². The molecule has 1 saturated carbocycles. The Morgan fingerprint density at radius 2 is 2.03 bits per heavy atom. The Bertz CT molecular complexity index is 1310. The number of benzene rings is 2. The molecule has 9 nitrogen and oxygen atoms in total. The van der Waals surface area contributed by atoms with Crippen LogP contribution in [-0.4, -0.2) is 43.2 Å². The standard InChI is InChI=1S/C24H21ClN6O3/c1-2-34-22-8-5-14(12-26-22)17-11-21(32)20(10-18(17)23-28-30-31-29-23)27-24(33)19-9-16(19)13-3-6-15(25)7-4-13/h3-8,10-12,16,19,32H,2,9H2,1H3,(H,27,33)(H,28,29,30,31)/t16-,19+/m0/s1. The summed E-state index contributed by atoms with van der Waals surface area (Å²) in [5.41, 5.74) is 3.28. The van der Waals surface area contributed by atoms with Crippen LogP contribution in [0, 0.1) is 5.92 Å². The van der Waals surface area contributed by atoms with E-state index in [1.165, 1.54) is 0 Å². The summed E-state index contributed by atoms with van der Waals surface area (Å²) in [4.78, 5) is 17.2. The van der Waals surface area contributed by atoms with E-state index in [2.05, 4.69) is 30.9 Å². The van der Waals surface area contributed by atoms with E-state index in [1.807, 2.05) is 37.3 Å². The van der Waals surface area contributed by atoms with Gasteiger partial charge in [0.15, 0.2) is 0 Å².